The number of aryl methyl sites for hydroxylation is 1. The largest absolute Gasteiger partial charge is 0.348 e. The minimum Gasteiger partial charge on any atom is -0.348 e. The molecule has 1 fully saturated rings. The topological polar surface area (TPSA) is 108 Å². The quantitative estimate of drug-likeness (QED) is 0.505. The lowest BCUT2D eigenvalue weighted by atomic mass is 10.0. The first-order valence-electron chi connectivity index (χ1n) is 11.4. The van der Waals surface area contributed by atoms with Gasteiger partial charge in [0.2, 0.25) is 5.91 Å². The van der Waals surface area contributed by atoms with Gasteiger partial charge >= 0.3 is 6.03 Å². The van der Waals surface area contributed by atoms with Crippen molar-refractivity contribution < 1.29 is 18.0 Å². The van der Waals surface area contributed by atoms with Gasteiger partial charge in [-0.25, -0.2) is 13.2 Å². The van der Waals surface area contributed by atoms with Gasteiger partial charge in [-0.2, -0.15) is 0 Å². The van der Waals surface area contributed by atoms with E-state index in [2.05, 4.69) is 16.0 Å². The number of amides is 3. The molecule has 9 heteroatoms. The standard InChI is InChI=1S/C25H32N4O4S/c1-20(27-25(31)29-17-15-26-16-18-29)24(30)28-22(13-12-21-8-4-2-5-9-21)14-19-34(32,33)23-10-6-3-7-11-23/h2-11,14,19-20,22,26H,12-13,15-18H2,1H3,(H,27,31)(H,28,30)/b19-14+/t20-,22-/m0/s1. The van der Waals surface area contributed by atoms with Crippen LogP contribution in [0.4, 0.5) is 4.79 Å². The number of hydrogen-bond acceptors (Lipinski definition) is 5. The minimum atomic E-state index is -3.64. The molecule has 1 aliphatic heterocycles. The van der Waals surface area contributed by atoms with Crippen molar-refractivity contribution in [3.05, 3.63) is 77.7 Å². The molecule has 0 bridgehead atoms. The van der Waals surface area contributed by atoms with Crippen LogP contribution in [0, 0.1) is 0 Å². The maximum atomic E-state index is 12.8. The SMILES string of the molecule is C[C@H](NC(=O)N1CCNCC1)C(=O)N[C@H](/C=C/S(=O)(=O)c1ccccc1)CCc1ccccc1. The molecule has 0 saturated carbocycles. The van der Waals surface area contributed by atoms with E-state index in [9.17, 15) is 18.0 Å². The molecule has 8 nitrogen and oxygen atoms in total. The average Bonchev–Trinajstić information content (AvgIpc) is 2.87. The van der Waals surface area contributed by atoms with Gasteiger partial charge in [0.1, 0.15) is 6.04 Å². The normalized spacial score (nSPS) is 16.1. The predicted molar refractivity (Wildman–Crippen MR) is 132 cm³/mol. The summed E-state index contributed by atoms with van der Waals surface area (Å²) in [6, 6.07) is 16.3. The number of rotatable bonds is 9. The number of carbonyl (C=O) groups excluding carboxylic acids is 2. The van der Waals surface area contributed by atoms with E-state index in [0.717, 1.165) is 24.1 Å². The maximum absolute atomic E-state index is 12.8. The number of carbonyl (C=O) groups is 2. The van der Waals surface area contributed by atoms with Gasteiger partial charge in [0.15, 0.2) is 9.84 Å². The van der Waals surface area contributed by atoms with E-state index in [-0.39, 0.29) is 16.8 Å². The van der Waals surface area contributed by atoms with E-state index in [0.29, 0.717) is 25.9 Å². The van der Waals surface area contributed by atoms with Crippen LogP contribution >= 0.6 is 0 Å². The first-order valence-corrected chi connectivity index (χ1v) is 13.0. The Labute approximate surface area is 201 Å². The molecule has 1 saturated heterocycles. The van der Waals surface area contributed by atoms with Crippen molar-refractivity contribution in [2.75, 3.05) is 26.2 Å². The summed E-state index contributed by atoms with van der Waals surface area (Å²) in [6.07, 6.45) is 2.67. The summed E-state index contributed by atoms with van der Waals surface area (Å²) in [5.74, 6) is -0.372. The fraction of sp³-hybridized carbons (Fsp3) is 0.360. The zero-order valence-corrected chi connectivity index (χ0v) is 20.1. The average molecular weight is 485 g/mol. The Morgan fingerprint density at radius 1 is 1.00 bits per heavy atom. The molecule has 34 heavy (non-hydrogen) atoms. The van der Waals surface area contributed by atoms with Gasteiger partial charge in [0.25, 0.3) is 0 Å². The molecule has 0 unspecified atom stereocenters. The molecule has 0 radical (unpaired) electrons. The van der Waals surface area contributed by atoms with Crippen LogP contribution < -0.4 is 16.0 Å². The van der Waals surface area contributed by atoms with Crippen LogP contribution in [-0.2, 0) is 21.1 Å². The molecule has 3 rings (SSSR count). The molecule has 3 amide bonds. The second-order valence-electron chi connectivity index (χ2n) is 8.23. The zero-order valence-electron chi connectivity index (χ0n) is 19.3. The lowest BCUT2D eigenvalue weighted by Gasteiger charge is -2.29. The minimum absolute atomic E-state index is 0.191. The van der Waals surface area contributed by atoms with Crippen LogP contribution in [0.2, 0.25) is 0 Å². The zero-order chi connectivity index (χ0) is 24.4. The Hall–Kier alpha value is -3.17. The first-order chi connectivity index (χ1) is 16.3. The number of nitrogens with one attached hydrogen (secondary N) is 3. The third-order valence-electron chi connectivity index (χ3n) is 5.61. The molecular weight excluding hydrogens is 452 g/mol. The number of sulfone groups is 1. The molecule has 0 aromatic heterocycles. The second-order valence-corrected chi connectivity index (χ2v) is 10.1. The summed E-state index contributed by atoms with van der Waals surface area (Å²) in [5, 5.41) is 9.94. The monoisotopic (exact) mass is 484 g/mol. The van der Waals surface area contributed by atoms with Crippen LogP contribution in [0.5, 0.6) is 0 Å². The van der Waals surface area contributed by atoms with Gasteiger partial charge in [-0.05, 0) is 37.5 Å². The van der Waals surface area contributed by atoms with Crippen LogP contribution in [0.3, 0.4) is 0 Å². The molecule has 2 aromatic carbocycles. The van der Waals surface area contributed by atoms with E-state index < -0.39 is 21.9 Å². The third-order valence-corrected chi connectivity index (χ3v) is 7.06. The molecule has 182 valence electrons. The van der Waals surface area contributed by atoms with Crippen LogP contribution in [-0.4, -0.2) is 63.5 Å². The van der Waals surface area contributed by atoms with Gasteiger partial charge in [0.05, 0.1) is 4.90 Å². The Kier molecular flexibility index (Phi) is 9.24. The summed E-state index contributed by atoms with van der Waals surface area (Å²) in [5.41, 5.74) is 1.08. The molecule has 0 aliphatic carbocycles. The number of nitrogens with zero attached hydrogens (tertiary/aromatic N) is 1. The van der Waals surface area contributed by atoms with Crippen molar-refractivity contribution in [1.29, 1.82) is 0 Å². The van der Waals surface area contributed by atoms with Gasteiger partial charge in [0, 0.05) is 37.6 Å². The Morgan fingerprint density at radius 2 is 1.62 bits per heavy atom. The highest BCUT2D eigenvalue weighted by molar-refractivity contribution is 7.94. The lowest BCUT2D eigenvalue weighted by Crippen LogP contribution is -2.55. The highest BCUT2D eigenvalue weighted by Crippen LogP contribution is 2.13. The van der Waals surface area contributed by atoms with Crippen molar-refractivity contribution in [3.8, 4) is 0 Å². The summed E-state index contributed by atoms with van der Waals surface area (Å²) in [6.45, 7) is 4.22. The highest BCUT2D eigenvalue weighted by Gasteiger charge is 2.23. The molecule has 0 spiro atoms. The van der Waals surface area contributed by atoms with Crippen molar-refractivity contribution in [2.24, 2.45) is 0 Å². The van der Waals surface area contributed by atoms with Crippen molar-refractivity contribution in [3.63, 3.8) is 0 Å². The lowest BCUT2D eigenvalue weighted by molar-refractivity contribution is -0.123. The van der Waals surface area contributed by atoms with Crippen LogP contribution in [0.1, 0.15) is 18.9 Å². The molecule has 1 heterocycles. The van der Waals surface area contributed by atoms with Gasteiger partial charge in [-0.3, -0.25) is 4.79 Å². The van der Waals surface area contributed by atoms with E-state index in [1.807, 2.05) is 30.3 Å². The summed E-state index contributed by atoms with van der Waals surface area (Å²) in [4.78, 5) is 27.1. The van der Waals surface area contributed by atoms with Crippen molar-refractivity contribution in [1.82, 2.24) is 20.9 Å². The summed E-state index contributed by atoms with van der Waals surface area (Å²) in [7, 11) is -3.64. The van der Waals surface area contributed by atoms with E-state index in [1.165, 1.54) is 18.2 Å². The Bertz CT molecular complexity index is 1070. The number of hydrogen-bond donors (Lipinski definition) is 3. The maximum Gasteiger partial charge on any atom is 0.318 e. The van der Waals surface area contributed by atoms with E-state index >= 15 is 0 Å². The summed E-state index contributed by atoms with van der Waals surface area (Å²) < 4.78 is 25.4. The van der Waals surface area contributed by atoms with Gasteiger partial charge < -0.3 is 20.9 Å². The van der Waals surface area contributed by atoms with Gasteiger partial charge in [-0.1, -0.05) is 54.6 Å². The molecular formula is C25H32N4O4S. The molecule has 2 atom stereocenters. The van der Waals surface area contributed by atoms with Gasteiger partial charge in [-0.15, -0.1) is 0 Å². The molecule has 2 aromatic rings. The van der Waals surface area contributed by atoms with E-state index in [4.69, 9.17) is 0 Å². The van der Waals surface area contributed by atoms with Crippen molar-refractivity contribution in [2.45, 2.75) is 36.7 Å². The second kappa shape index (κ2) is 12.3. The Morgan fingerprint density at radius 3 is 2.26 bits per heavy atom. The first kappa shape index (κ1) is 25.5. The fourth-order valence-corrected chi connectivity index (χ4v) is 4.68. The summed E-state index contributed by atoms with van der Waals surface area (Å²) >= 11 is 0. The smallest absolute Gasteiger partial charge is 0.318 e. The molecule has 3 N–H and O–H groups in total. The van der Waals surface area contributed by atoms with Crippen molar-refractivity contribution >= 4 is 21.8 Å². The number of benzene rings is 2. The van der Waals surface area contributed by atoms with E-state index in [1.54, 1.807) is 30.0 Å². The van der Waals surface area contributed by atoms with Crippen LogP contribution in [0.25, 0.3) is 0 Å². The highest BCUT2D eigenvalue weighted by atomic mass is 32.2. The predicted octanol–water partition coefficient (Wildman–Crippen LogP) is 2.09. The Balaban J connectivity index is 1.66. The fourth-order valence-electron chi connectivity index (χ4n) is 3.59. The third kappa shape index (κ3) is 7.71. The van der Waals surface area contributed by atoms with Crippen LogP contribution in [0.15, 0.2) is 77.0 Å². The number of piperazine rings is 1. The molecule has 1 aliphatic rings. The number of urea groups is 1.